The molecule has 0 unspecified atom stereocenters. The Bertz CT molecular complexity index is 385. The van der Waals surface area contributed by atoms with E-state index in [1.807, 2.05) is 10.9 Å². The van der Waals surface area contributed by atoms with E-state index in [4.69, 9.17) is 0 Å². The summed E-state index contributed by atoms with van der Waals surface area (Å²) >= 11 is 0. The van der Waals surface area contributed by atoms with Crippen LogP contribution in [0.25, 0.3) is 0 Å². The Hall–Kier alpha value is -1.39. The highest BCUT2D eigenvalue weighted by Crippen LogP contribution is 2.03. The van der Waals surface area contributed by atoms with Gasteiger partial charge < -0.3 is 5.32 Å². The summed E-state index contributed by atoms with van der Waals surface area (Å²) in [5.74, 6) is 1.24. The van der Waals surface area contributed by atoms with E-state index in [2.05, 4.69) is 43.3 Å². The molecule has 0 aromatic carbocycles. The van der Waals surface area contributed by atoms with E-state index in [9.17, 15) is 4.79 Å². The van der Waals surface area contributed by atoms with Crippen LogP contribution in [0.3, 0.4) is 0 Å². The molecule has 0 aliphatic rings. The lowest BCUT2D eigenvalue weighted by Gasteiger charge is -2.06. The standard InChI is InChI=1S/C14H26N4O/c1-11(2)7-8-18-10-13(16-17-18)5-6-14(19)15-9-12(3)4/h10-12H,5-9H2,1-4H3,(H,15,19). The summed E-state index contributed by atoms with van der Waals surface area (Å²) in [7, 11) is 0. The van der Waals surface area contributed by atoms with Crippen LogP contribution in [-0.4, -0.2) is 27.4 Å². The molecule has 1 rings (SSSR count). The van der Waals surface area contributed by atoms with Crippen LogP contribution in [0.5, 0.6) is 0 Å². The molecule has 108 valence electrons. The summed E-state index contributed by atoms with van der Waals surface area (Å²) in [6.07, 6.45) is 4.18. The van der Waals surface area contributed by atoms with Gasteiger partial charge in [-0.15, -0.1) is 5.10 Å². The summed E-state index contributed by atoms with van der Waals surface area (Å²) in [5.41, 5.74) is 0.892. The van der Waals surface area contributed by atoms with Crippen molar-refractivity contribution in [2.75, 3.05) is 6.54 Å². The van der Waals surface area contributed by atoms with Crippen molar-refractivity contribution in [3.05, 3.63) is 11.9 Å². The molecular formula is C14H26N4O. The average molecular weight is 266 g/mol. The van der Waals surface area contributed by atoms with Gasteiger partial charge in [-0.2, -0.15) is 0 Å². The van der Waals surface area contributed by atoms with Gasteiger partial charge in [0, 0.05) is 32.1 Å². The number of nitrogens with zero attached hydrogens (tertiary/aromatic N) is 3. The van der Waals surface area contributed by atoms with Gasteiger partial charge in [0.25, 0.3) is 0 Å². The lowest BCUT2D eigenvalue weighted by molar-refractivity contribution is -0.121. The average Bonchev–Trinajstić information content (AvgIpc) is 2.79. The topological polar surface area (TPSA) is 59.8 Å². The molecule has 0 atom stereocenters. The molecule has 0 radical (unpaired) electrons. The van der Waals surface area contributed by atoms with Crippen LogP contribution >= 0.6 is 0 Å². The monoisotopic (exact) mass is 266 g/mol. The minimum Gasteiger partial charge on any atom is -0.356 e. The number of amides is 1. The van der Waals surface area contributed by atoms with Gasteiger partial charge in [0.1, 0.15) is 0 Å². The number of aromatic nitrogens is 3. The number of hydrogen-bond acceptors (Lipinski definition) is 3. The summed E-state index contributed by atoms with van der Waals surface area (Å²) in [4.78, 5) is 11.6. The molecule has 1 amide bonds. The van der Waals surface area contributed by atoms with E-state index >= 15 is 0 Å². The molecule has 1 heterocycles. The smallest absolute Gasteiger partial charge is 0.220 e. The Kier molecular flexibility index (Phi) is 6.53. The van der Waals surface area contributed by atoms with Gasteiger partial charge in [0.2, 0.25) is 5.91 Å². The fraction of sp³-hybridized carbons (Fsp3) is 0.786. The number of rotatable bonds is 8. The van der Waals surface area contributed by atoms with Crippen LogP contribution in [0.2, 0.25) is 0 Å². The van der Waals surface area contributed by atoms with Crippen LogP contribution in [0.15, 0.2) is 6.20 Å². The van der Waals surface area contributed by atoms with Crippen molar-refractivity contribution in [2.24, 2.45) is 11.8 Å². The molecule has 0 bridgehead atoms. The Morgan fingerprint density at radius 3 is 2.68 bits per heavy atom. The minimum atomic E-state index is 0.0884. The molecule has 0 saturated heterocycles. The maximum Gasteiger partial charge on any atom is 0.220 e. The SMILES string of the molecule is CC(C)CCn1cc(CCC(=O)NCC(C)C)nn1. The molecule has 0 saturated carbocycles. The largest absolute Gasteiger partial charge is 0.356 e. The Balaban J connectivity index is 2.27. The van der Waals surface area contributed by atoms with Crippen molar-refractivity contribution < 1.29 is 4.79 Å². The first-order chi connectivity index (χ1) is 8.97. The normalized spacial score (nSPS) is 11.3. The summed E-state index contributed by atoms with van der Waals surface area (Å²) in [5, 5.41) is 11.1. The van der Waals surface area contributed by atoms with Crippen LogP contribution in [-0.2, 0) is 17.8 Å². The summed E-state index contributed by atoms with van der Waals surface area (Å²) < 4.78 is 1.86. The van der Waals surface area contributed by atoms with Gasteiger partial charge in [0.05, 0.1) is 5.69 Å². The van der Waals surface area contributed by atoms with Crippen LogP contribution in [0, 0.1) is 11.8 Å². The first-order valence-corrected chi connectivity index (χ1v) is 7.13. The van der Waals surface area contributed by atoms with Gasteiger partial charge in [-0.25, -0.2) is 0 Å². The van der Waals surface area contributed by atoms with Crippen molar-refractivity contribution in [1.82, 2.24) is 20.3 Å². The second-order valence-corrected chi connectivity index (χ2v) is 5.85. The molecule has 5 nitrogen and oxygen atoms in total. The lowest BCUT2D eigenvalue weighted by Crippen LogP contribution is -2.27. The molecule has 0 fully saturated rings. The van der Waals surface area contributed by atoms with E-state index in [1.54, 1.807) is 0 Å². The molecule has 0 spiro atoms. The van der Waals surface area contributed by atoms with Crippen LogP contribution < -0.4 is 5.32 Å². The van der Waals surface area contributed by atoms with Crippen molar-refractivity contribution in [1.29, 1.82) is 0 Å². The number of aryl methyl sites for hydroxylation is 2. The summed E-state index contributed by atoms with van der Waals surface area (Å²) in [6, 6.07) is 0. The highest BCUT2D eigenvalue weighted by Gasteiger charge is 2.06. The third-order valence-corrected chi connectivity index (χ3v) is 2.84. The molecule has 1 N–H and O–H groups in total. The number of carbonyl (C=O) groups excluding carboxylic acids is 1. The van der Waals surface area contributed by atoms with Crippen LogP contribution in [0.4, 0.5) is 0 Å². The number of carbonyl (C=O) groups is 1. The first kappa shape index (κ1) is 15.7. The van der Waals surface area contributed by atoms with Crippen molar-refractivity contribution in [3.8, 4) is 0 Å². The van der Waals surface area contributed by atoms with Crippen molar-refractivity contribution in [2.45, 2.75) is 53.5 Å². The minimum absolute atomic E-state index is 0.0884. The van der Waals surface area contributed by atoms with Gasteiger partial charge >= 0.3 is 0 Å². The van der Waals surface area contributed by atoms with Gasteiger partial charge in [-0.05, 0) is 18.3 Å². The molecule has 0 aliphatic heterocycles. The van der Waals surface area contributed by atoms with Gasteiger partial charge in [0.15, 0.2) is 0 Å². The predicted octanol–water partition coefficient (Wildman–Crippen LogP) is 2.03. The molecule has 0 aliphatic carbocycles. The van der Waals surface area contributed by atoms with Gasteiger partial charge in [-0.1, -0.05) is 32.9 Å². The first-order valence-electron chi connectivity index (χ1n) is 7.13. The second-order valence-electron chi connectivity index (χ2n) is 5.85. The zero-order valence-corrected chi connectivity index (χ0v) is 12.5. The van der Waals surface area contributed by atoms with Gasteiger partial charge in [-0.3, -0.25) is 9.48 Å². The van der Waals surface area contributed by atoms with E-state index < -0.39 is 0 Å². The van der Waals surface area contributed by atoms with Crippen molar-refractivity contribution >= 4 is 5.91 Å². The van der Waals surface area contributed by atoms with Crippen LogP contribution in [0.1, 0.15) is 46.2 Å². The maximum atomic E-state index is 11.6. The summed E-state index contributed by atoms with van der Waals surface area (Å²) in [6.45, 7) is 10.2. The van der Waals surface area contributed by atoms with E-state index in [0.29, 0.717) is 24.7 Å². The van der Waals surface area contributed by atoms with E-state index in [-0.39, 0.29) is 5.91 Å². The Labute approximate surface area is 115 Å². The van der Waals surface area contributed by atoms with E-state index in [1.165, 1.54) is 0 Å². The molecule has 1 aromatic rings. The lowest BCUT2D eigenvalue weighted by atomic mass is 10.1. The Morgan fingerprint density at radius 1 is 1.32 bits per heavy atom. The highest BCUT2D eigenvalue weighted by atomic mass is 16.1. The third kappa shape index (κ3) is 6.94. The van der Waals surface area contributed by atoms with Crippen molar-refractivity contribution in [3.63, 3.8) is 0 Å². The molecule has 1 aromatic heterocycles. The molecule has 5 heteroatoms. The zero-order chi connectivity index (χ0) is 14.3. The molecular weight excluding hydrogens is 240 g/mol. The third-order valence-electron chi connectivity index (χ3n) is 2.84. The second kappa shape index (κ2) is 7.92. The molecule has 19 heavy (non-hydrogen) atoms. The maximum absolute atomic E-state index is 11.6. The predicted molar refractivity (Wildman–Crippen MR) is 75.6 cm³/mol. The number of hydrogen-bond donors (Lipinski definition) is 1. The zero-order valence-electron chi connectivity index (χ0n) is 12.5. The number of nitrogens with one attached hydrogen (secondary N) is 1. The fourth-order valence-corrected chi connectivity index (χ4v) is 1.60. The Morgan fingerprint density at radius 2 is 2.05 bits per heavy atom. The fourth-order valence-electron chi connectivity index (χ4n) is 1.60. The van der Waals surface area contributed by atoms with E-state index in [0.717, 1.165) is 25.2 Å². The highest BCUT2D eigenvalue weighted by molar-refractivity contribution is 5.76. The quantitative estimate of drug-likeness (QED) is 0.783.